The Labute approximate surface area is 121 Å². The van der Waals surface area contributed by atoms with Gasteiger partial charge >= 0.3 is 0 Å². The van der Waals surface area contributed by atoms with Crippen LogP contribution >= 0.6 is 11.3 Å². The van der Waals surface area contributed by atoms with Crippen LogP contribution in [0.15, 0.2) is 22.4 Å². The summed E-state index contributed by atoms with van der Waals surface area (Å²) in [5.74, 6) is 0.570. The minimum Gasteiger partial charge on any atom is -0.396 e. The maximum atomic E-state index is 11.9. The van der Waals surface area contributed by atoms with Gasteiger partial charge in [-0.1, -0.05) is 0 Å². The smallest absolute Gasteiger partial charge is 0.258 e. The first kappa shape index (κ1) is 13.7. The van der Waals surface area contributed by atoms with Gasteiger partial charge in [-0.25, -0.2) is 4.98 Å². The Hall–Kier alpha value is -1.24. The highest BCUT2D eigenvalue weighted by Crippen LogP contribution is 2.20. The summed E-state index contributed by atoms with van der Waals surface area (Å²) >= 11 is 1.49. The molecular formula is C14H19N3O2S. The molecule has 0 aromatic carbocycles. The van der Waals surface area contributed by atoms with Crippen LogP contribution in [0.4, 0.5) is 0 Å². The molecule has 2 aromatic rings. The third-order valence-corrected chi connectivity index (χ3v) is 4.64. The maximum Gasteiger partial charge on any atom is 0.258 e. The highest BCUT2D eigenvalue weighted by molar-refractivity contribution is 7.15. The van der Waals surface area contributed by atoms with Gasteiger partial charge in [0.05, 0.1) is 5.69 Å². The zero-order valence-corrected chi connectivity index (χ0v) is 12.2. The molecule has 1 atom stereocenters. The number of hydrogen-bond acceptors (Lipinski definition) is 5. The Morgan fingerprint density at radius 2 is 2.40 bits per heavy atom. The highest BCUT2D eigenvalue weighted by Gasteiger charge is 2.20. The fraction of sp³-hybridized carbons (Fsp3) is 0.571. The highest BCUT2D eigenvalue weighted by atomic mass is 32.1. The van der Waals surface area contributed by atoms with Crippen molar-refractivity contribution >= 4 is 16.3 Å². The Kier molecular flexibility index (Phi) is 4.14. The van der Waals surface area contributed by atoms with Gasteiger partial charge in [0.15, 0.2) is 4.96 Å². The van der Waals surface area contributed by atoms with Gasteiger partial charge in [-0.15, -0.1) is 11.3 Å². The predicted octanol–water partition coefficient (Wildman–Crippen LogP) is 1.35. The van der Waals surface area contributed by atoms with Crippen LogP contribution in [0.3, 0.4) is 0 Å². The van der Waals surface area contributed by atoms with Crippen molar-refractivity contribution in [3.8, 4) is 0 Å². The number of likely N-dealkylation sites (tertiary alicyclic amines) is 1. The monoisotopic (exact) mass is 293 g/mol. The number of hydrogen-bond donors (Lipinski definition) is 1. The van der Waals surface area contributed by atoms with Crippen molar-refractivity contribution in [1.82, 2.24) is 14.3 Å². The summed E-state index contributed by atoms with van der Waals surface area (Å²) in [6, 6.07) is 1.63. The lowest BCUT2D eigenvalue weighted by Gasteiger charge is -2.32. The summed E-state index contributed by atoms with van der Waals surface area (Å²) < 4.78 is 1.58. The van der Waals surface area contributed by atoms with Crippen molar-refractivity contribution in [2.75, 3.05) is 19.7 Å². The Bertz CT molecular complexity index is 635. The Morgan fingerprint density at radius 1 is 1.50 bits per heavy atom. The van der Waals surface area contributed by atoms with E-state index < -0.39 is 0 Å². The van der Waals surface area contributed by atoms with Gasteiger partial charge in [0.25, 0.3) is 5.56 Å². The van der Waals surface area contributed by atoms with Gasteiger partial charge < -0.3 is 5.11 Å². The van der Waals surface area contributed by atoms with Crippen molar-refractivity contribution in [3.05, 3.63) is 33.7 Å². The van der Waals surface area contributed by atoms with Gasteiger partial charge in [0, 0.05) is 37.3 Å². The molecule has 0 aliphatic carbocycles. The number of fused-ring (bicyclic) bond motifs is 1. The van der Waals surface area contributed by atoms with Crippen molar-refractivity contribution in [2.24, 2.45) is 5.92 Å². The molecule has 0 bridgehead atoms. The molecule has 0 radical (unpaired) electrons. The van der Waals surface area contributed by atoms with Crippen LogP contribution in [-0.4, -0.2) is 39.1 Å². The summed E-state index contributed by atoms with van der Waals surface area (Å²) in [5.41, 5.74) is 0.845. The first-order chi connectivity index (χ1) is 9.76. The van der Waals surface area contributed by atoms with Crippen LogP contribution < -0.4 is 5.56 Å². The second kappa shape index (κ2) is 6.03. The number of aliphatic hydroxyl groups is 1. The van der Waals surface area contributed by atoms with E-state index in [1.165, 1.54) is 17.8 Å². The van der Waals surface area contributed by atoms with Gasteiger partial charge in [0.2, 0.25) is 0 Å². The molecule has 1 saturated heterocycles. The van der Waals surface area contributed by atoms with Crippen molar-refractivity contribution in [3.63, 3.8) is 0 Å². The van der Waals surface area contributed by atoms with E-state index in [0.717, 1.165) is 43.1 Å². The number of nitrogens with zero attached hydrogens (tertiary/aromatic N) is 3. The first-order valence-electron chi connectivity index (χ1n) is 7.05. The summed E-state index contributed by atoms with van der Waals surface area (Å²) in [7, 11) is 0. The molecule has 3 heterocycles. The number of rotatable bonds is 4. The molecule has 0 amide bonds. The lowest BCUT2D eigenvalue weighted by atomic mass is 9.95. The molecular weight excluding hydrogens is 274 g/mol. The Balaban J connectivity index is 1.73. The van der Waals surface area contributed by atoms with Crippen LogP contribution in [0, 0.1) is 5.92 Å². The number of aromatic nitrogens is 2. The third kappa shape index (κ3) is 2.92. The van der Waals surface area contributed by atoms with Crippen LogP contribution in [0.1, 0.15) is 25.0 Å². The molecule has 1 unspecified atom stereocenters. The molecule has 20 heavy (non-hydrogen) atoms. The zero-order chi connectivity index (χ0) is 13.9. The van der Waals surface area contributed by atoms with E-state index in [2.05, 4.69) is 9.88 Å². The van der Waals surface area contributed by atoms with E-state index in [-0.39, 0.29) is 12.2 Å². The van der Waals surface area contributed by atoms with Crippen molar-refractivity contribution in [1.29, 1.82) is 0 Å². The predicted molar refractivity (Wildman–Crippen MR) is 79.0 cm³/mol. The fourth-order valence-electron chi connectivity index (χ4n) is 2.91. The average Bonchev–Trinajstić information content (AvgIpc) is 2.88. The quantitative estimate of drug-likeness (QED) is 0.924. The fourth-order valence-corrected chi connectivity index (χ4v) is 3.65. The lowest BCUT2D eigenvalue weighted by molar-refractivity contribution is 0.141. The van der Waals surface area contributed by atoms with Gasteiger partial charge in [-0.05, 0) is 31.7 Å². The van der Waals surface area contributed by atoms with Crippen LogP contribution in [0.25, 0.3) is 4.96 Å². The van der Waals surface area contributed by atoms with Gasteiger partial charge in [-0.3, -0.25) is 14.1 Å². The lowest BCUT2D eigenvalue weighted by Crippen LogP contribution is -2.35. The molecule has 0 saturated carbocycles. The largest absolute Gasteiger partial charge is 0.396 e. The molecule has 1 aliphatic heterocycles. The Morgan fingerprint density at radius 3 is 3.25 bits per heavy atom. The summed E-state index contributed by atoms with van der Waals surface area (Å²) in [6.07, 6.45) is 4.98. The normalized spacial score (nSPS) is 20.6. The molecule has 6 heteroatoms. The van der Waals surface area contributed by atoms with Crippen LogP contribution in [0.5, 0.6) is 0 Å². The summed E-state index contributed by atoms with van der Waals surface area (Å²) in [5, 5.41) is 10.9. The number of piperidine rings is 1. The summed E-state index contributed by atoms with van der Waals surface area (Å²) in [4.78, 5) is 19.6. The van der Waals surface area contributed by atoms with Gasteiger partial charge in [-0.2, -0.15) is 0 Å². The van der Waals surface area contributed by atoms with E-state index in [9.17, 15) is 4.79 Å². The molecule has 1 fully saturated rings. The third-order valence-electron chi connectivity index (χ3n) is 3.88. The molecule has 1 N–H and O–H groups in total. The molecule has 108 valence electrons. The minimum absolute atomic E-state index is 0.00447. The molecule has 0 spiro atoms. The zero-order valence-electron chi connectivity index (χ0n) is 11.4. The van der Waals surface area contributed by atoms with Crippen LogP contribution in [0.2, 0.25) is 0 Å². The van der Waals surface area contributed by atoms with Crippen molar-refractivity contribution in [2.45, 2.75) is 25.8 Å². The second-order valence-electron chi connectivity index (χ2n) is 5.40. The van der Waals surface area contributed by atoms with Gasteiger partial charge in [0.1, 0.15) is 0 Å². The van der Waals surface area contributed by atoms with E-state index in [1.54, 1.807) is 16.7 Å². The average molecular weight is 293 g/mol. The van der Waals surface area contributed by atoms with E-state index in [4.69, 9.17) is 5.11 Å². The topological polar surface area (TPSA) is 57.8 Å². The standard InChI is InChI=1S/C14H19N3O2S/c18-6-3-11-2-1-4-16(9-11)10-12-8-13(19)17-5-7-20-14(17)15-12/h5,7-8,11,18H,1-4,6,9-10H2. The molecule has 3 rings (SSSR count). The van der Waals surface area contributed by atoms with E-state index in [0.29, 0.717) is 5.92 Å². The first-order valence-corrected chi connectivity index (χ1v) is 7.93. The molecule has 5 nitrogen and oxygen atoms in total. The second-order valence-corrected chi connectivity index (χ2v) is 6.27. The van der Waals surface area contributed by atoms with Crippen molar-refractivity contribution < 1.29 is 5.11 Å². The number of aliphatic hydroxyl groups excluding tert-OH is 1. The SMILES string of the molecule is O=c1cc(CN2CCCC(CCO)C2)nc2sccn12. The van der Waals surface area contributed by atoms with E-state index in [1.807, 2.05) is 5.38 Å². The number of thiazole rings is 1. The molecule has 1 aliphatic rings. The summed E-state index contributed by atoms with van der Waals surface area (Å²) in [6.45, 7) is 3.03. The van der Waals surface area contributed by atoms with E-state index >= 15 is 0 Å². The molecule has 2 aromatic heterocycles. The minimum atomic E-state index is -0.00447. The van der Waals surface area contributed by atoms with Crippen LogP contribution in [-0.2, 0) is 6.54 Å². The maximum absolute atomic E-state index is 11.9.